The third-order valence-electron chi connectivity index (χ3n) is 2.63. The fourth-order valence-corrected chi connectivity index (χ4v) is 1.61. The number of nitro benzene ring substituents is 1. The molecule has 1 heterocycles. The molecule has 0 aliphatic carbocycles. The van der Waals surface area contributed by atoms with E-state index in [9.17, 15) is 15.2 Å². The van der Waals surface area contributed by atoms with E-state index in [-0.39, 0.29) is 5.69 Å². The zero-order valence-electron chi connectivity index (χ0n) is 10.6. The van der Waals surface area contributed by atoms with Gasteiger partial charge in [-0.1, -0.05) is 17.3 Å². The minimum Gasteiger partial charge on any atom is -0.384 e. The van der Waals surface area contributed by atoms with Crippen LogP contribution in [-0.2, 0) is 12.1 Å². The van der Waals surface area contributed by atoms with E-state index in [1.54, 1.807) is 32.2 Å². The molecule has 1 aromatic heterocycles. The Morgan fingerprint density at radius 3 is 2.79 bits per heavy atom. The Balaban J connectivity index is 2.19. The molecule has 2 rings (SSSR count). The normalized spacial score (nSPS) is 11.5. The van der Waals surface area contributed by atoms with Crippen molar-refractivity contribution in [1.82, 2.24) is 15.0 Å². The summed E-state index contributed by atoms with van der Waals surface area (Å²) < 4.78 is 1.53. The summed E-state index contributed by atoms with van der Waals surface area (Å²) in [5.74, 6) is 0. The molecule has 0 bridgehead atoms. The molecule has 0 unspecified atom stereocenters. The predicted octanol–water partition coefficient (Wildman–Crippen LogP) is 1.46. The molecule has 1 N–H and O–H groups in total. The largest absolute Gasteiger partial charge is 0.384 e. The summed E-state index contributed by atoms with van der Waals surface area (Å²) in [6.07, 6.45) is 1.62. The van der Waals surface area contributed by atoms with Gasteiger partial charge in [-0.3, -0.25) is 10.1 Å². The number of aromatic nitrogens is 3. The predicted molar refractivity (Wildman–Crippen MR) is 67.5 cm³/mol. The minimum atomic E-state index is -1.05. The van der Waals surface area contributed by atoms with E-state index in [1.165, 1.54) is 16.8 Å². The molecule has 7 nitrogen and oxygen atoms in total. The average molecular weight is 262 g/mol. The molecule has 2 aromatic rings. The van der Waals surface area contributed by atoms with Gasteiger partial charge >= 0.3 is 0 Å². The van der Waals surface area contributed by atoms with Crippen molar-refractivity contribution in [2.24, 2.45) is 0 Å². The number of rotatable bonds is 4. The van der Waals surface area contributed by atoms with Crippen LogP contribution in [0.25, 0.3) is 0 Å². The molecule has 7 heteroatoms. The summed E-state index contributed by atoms with van der Waals surface area (Å²) in [7, 11) is 0. The third-order valence-corrected chi connectivity index (χ3v) is 2.63. The van der Waals surface area contributed by atoms with E-state index in [0.29, 0.717) is 12.2 Å². The van der Waals surface area contributed by atoms with Crippen molar-refractivity contribution in [2.75, 3.05) is 0 Å². The van der Waals surface area contributed by atoms with Gasteiger partial charge in [0.05, 0.1) is 17.7 Å². The summed E-state index contributed by atoms with van der Waals surface area (Å²) in [4.78, 5) is 10.2. The quantitative estimate of drug-likeness (QED) is 0.665. The monoisotopic (exact) mass is 262 g/mol. The van der Waals surface area contributed by atoms with E-state index in [0.717, 1.165) is 5.56 Å². The molecule has 0 aliphatic heterocycles. The number of hydrogen-bond acceptors (Lipinski definition) is 5. The Bertz CT molecular complexity index is 601. The lowest BCUT2D eigenvalue weighted by atomic mass is 10.1. The second-order valence-corrected chi connectivity index (χ2v) is 4.79. The van der Waals surface area contributed by atoms with Crippen molar-refractivity contribution in [2.45, 2.75) is 26.0 Å². The second-order valence-electron chi connectivity index (χ2n) is 4.79. The lowest BCUT2D eigenvalue weighted by Crippen LogP contribution is -2.15. The lowest BCUT2D eigenvalue weighted by Gasteiger charge is -2.11. The summed E-state index contributed by atoms with van der Waals surface area (Å²) >= 11 is 0. The van der Waals surface area contributed by atoms with Crippen LogP contribution in [0.5, 0.6) is 0 Å². The highest BCUT2D eigenvalue weighted by atomic mass is 16.6. The van der Waals surface area contributed by atoms with Crippen molar-refractivity contribution in [3.8, 4) is 0 Å². The smallest absolute Gasteiger partial charge is 0.269 e. The standard InChI is InChI=1S/C12H14N4O3/c1-12(2,17)11-8-15(14-13-11)7-9-4-3-5-10(6-9)16(18)19/h3-6,8,17H,7H2,1-2H3. The van der Waals surface area contributed by atoms with Crippen LogP contribution >= 0.6 is 0 Å². The first-order valence-electron chi connectivity index (χ1n) is 5.72. The fourth-order valence-electron chi connectivity index (χ4n) is 1.61. The van der Waals surface area contributed by atoms with Crippen LogP contribution in [-0.4, -0.2) is 25.0 Å². The molecular weight excluding hydrogens is 248 g/mol. The van der Waals surface area contributed by atoms with Gasteiger partial charge in [-0.2, -0.15) is 0 Å². The molecule has 1 aromatic carbocycles. The van der Waals surface area contributed by atoms with Crippen LogP contribution in [0.3, 0.4) is 0 Å². The maximum atomic E-state index is 10.7. The number of nitrogens with zero attached hydrogens (tertiary/aromatic N) is 4. The molecule has 0 amide bonds. The van der Waals surface area contributed by atoms with Gasteiger partial charge in [0.1, 0.15) is 11.3 Å². The summed E-state index contributed by atoms with van der Waals surface area (Å²) in [6, 6.07) is 6.33. The average Bonchev–Trinajstić information content (AvgIpc) is 2.77. The second kappa shape index (κ2) is 4.77. The first-order valence-corrected chi connectivity index (χ1v) is 5.72. The third kappa shape index (κ3) is 3.14. The molecule has 100 valence electrons. The minimum absolute atomic E-state index is 0.0420. The highest BCUT2D eigenvalue weighted by molar-refractivity contribution is 5.34. The first-order chi connectivity index (χ1) is 8.86. The molecule has 0 fully saturated rings. The maximum absolute atomic E-state index is 10.7. The number of non-ortho nitro benzene ring substituents is 1. The van der Waals surface area contributed by atoms with E-state index in [2.05, 4.69) is 10.3 Å². The molecule has 0 radical (unpaired) electrons. The van der Waals surface area contributed by atoms with Gasteiger partial charge < -0.3 is 5.11 Å². The van der Waals surface area contributed by atoms with Crippen LogP contribution in [0.1, 0.15) is 25.1 Å². The van der Waals surface area contributed by atoms with E-state index in [1.807, 2.05) is 0 Å². The van der Waals surface area contributed by atoms with E-state index < -0.39 is 10.5 Å². The van der Waals surface area contributed by atoms with Gasteiger partial charge in [0.2, 0.25) is 0 Å². The van der Waals surface area contributed by atoms with Crippen LogP contribution in [0, 0.1) is 10.1 Å². The number of hydrogen-bond donors (Lipinski definition) is 1. The molecule has 0 atom stereocenters. The molecule has 0 saturated heterocycles. The molecule has 0 saturated carbocycles. The lowest BCUT2D eigenvalue weighted by molar-refractivity contribution is -0.384. The number of benzene rings is 1. The van der Waals surface area contributed by atoms with Crippen molar-refractivity contribution >= 4 is 5.69 Å². The number of aliphatic hydroxyl groups is 1. The zero-order chi connectivity index (χ0) is 14.0. The van der Waals surface area contributed by atoms with Gasteiger partial charge in [0.25, 0.3) is 5.69 Å². The molecule has 0 aliphatic rings. The van der Waals surface area contributed by atoms with Gasteiger partial charge in [0.15, 0.2) is 0 Å². The van der Waals surface area contributed by atoms with Crippen molar-refractivity contribution < 1.29 is 10.0 Å². The van der Waals surface area contributed by atoms with Crippen LogP contribution in [0.4, 0.5) is 5.69 Å². The maximum Gasteiger partial charge on any atom is 0.269 e. The van der Waals surface area contributed by atoms with Gasteiger partial charge in [-0.25, -0.2) is 4.68 Å². The zero-order valence-corrected chi connectivity index (χ0v) is 10.6. The van der Waals surface area contributed by atoms with Crippen molar-refractivity contribution in [1.29, 1.82) is 0 Å². The van der Waals surface area contributed by atoms with E-state index >= 15 is 0 Å². The Hall–Kier alpha value is -2.28. The first kappa shape index (κ1) is 13.2. The van der Waals surface area contributed by atoms with Crippen LogP contribution < -0.4 is 0 Å². The van der Waals surface area contributed by atoms with Crippen LogP contribution in [0.2, 0.25) is 0 Å². The van der Waals surface area contributed by atoms with Crippen molar-refractivity contribution in [3.63, 3.8) is 0 Å². The van der Waals surface area contributed by atoms with Crippen LogP contribution in [0.15, 0.2) is 30.5 Å². The Labute approximate surface area is 109 Å². The highest BCUT2D eigenvalue weighted by Crippen LogP contribution is 2.17. The summed E-state index contributed by atoms with van der Waals surface area (Å²) in [5, 5.41) is 28.2. The summed E-state index contributed by atoms with van der Waals surface area (Å²) in [5.41, 5.74) is 0.195. The van der Waals surface area contributed by atoms with Gasteiger partial charge in [-0.05, 0) is 19.4 Å². The fraction of sp³-hybridized carbons (Fsp3) is 0.333. The Morgan fingerprint density at radius 2 is 2.21 bits per heavy atom. The molecule has 0 spiro atoms. The Morgan fingerprint density at radius 1 is 1.47 bits per heavy atom. The van der Waals surface area contributed by atoms with Gasteiger partial charge in [-0.15, -0.1) is 5.10 Å². The van der Waals surface area contributed by atoms with Crippen molar-refractivity contribution in [3.05, 3.63) is 51.8 Å². The molecular formula is C12H14N4O3. The van der Waals surface area contributed by atoms with Gasteiger partial charge in [0, 0.05) is 12.1 Å². The molecule has 19 heavy (non-hydrogen) atoms. The highest BCUT2D eigenvalue weighted by Gasteiger charge is 2.20. The summed E-state index contributed by atoms with van der Waals surface area (Å²) in [6.45, 7) is 3.61. The topological polar surface area (TPSA) is 94.1 Å². The van der Waals surface area contributed by atoms with E-state index in [4.69, 9.17) is 0 Å². The SMILES string of the molecule is CC(C)(O)c1cn(Cc2cccc([N+](=O)[O-])c2)nn1. The Kier molecular flexibility index (Phi) is 3.30. The number of nitro groups is 1.